The number of carbonyl (C=O) groups is 1. The van der Waals surface area contributed by atoms with Gasteiger partial charge in [0.15, 0.2) is 0 Å². The highest BCUT2D eigenvalue weighted by molar-refractivity contribution is 5.81. The molecule has 2 N–H and O–H groups in total. The van der Waals surface area contributed by atoms with E-state index in [1.54, 1.807) is 18.2 Å². The molecule has 1 fully saturated rings. The van der Waals surface area contributed by atoms with Crippen molar-refractivity contribution in [1.82, 2.24) is 10.6 Å². The standard InChI is InChI=1S/C16H23FN2O/c1-12(16(20)19-14-8-3-2-4-9-14)18-11-13-7-5-6-10-15(13)17/h5-7,10,12,14,18H,2-4,8-9,11H2,1H3,(H,19,20). The number of hydrogen-bond donors (Lipinski definition) is 2. The molecule has 1 aliphatic rings. The highest BCUT2D eigenvalue weighted by atomic mass is 19.1. The Labute approximate surface area is 120 Å². The second-order valence-electron chi connectivity index (χ2n) is 5.54. The lowest BCUT2D eigenvalue weighted by Crippen LogP contribution is -2.46. The second kappa shape index (κ2) is 7.39. The molecule has 4 heteroatoms. The van der Waals surface area contributed by atoms with Gasteiger partial charge >= 0.3 is 0 Å². The van der Waals surface area contributed by atoms with E-state index >= 15 is 0 Å². The molecule has 0 spiro atoms. The summed E-state index contributed by atoms with van der Waals surface area (Å²) in [4.78, 5) is 12.1. The number of nitrogens with one attached hydrogen (secondary N) is 2. The molecule has 0 saturated heterocycles. The van der Waals surface area contributed by atoms with Gasteiger partial charge < -0.3 is 10.6 Å². The summed E-state index contributed by atoms with van der Waals surface area (Å²) < 4.78 is 13.5. The molecule has 1 unspecified atom stereocenters. The number of rotatable bonds is 5. The van der Waals surface area contributed by atoms with Crippen LogP contribution in [0.3, 0.4) is 0 Å². The maximum Gasteiger partial charge on any atom is 0.237 e. The molecule has 1 atom stereocenters. The van der Waals surface area contributed by atoms with E-state index in [0.717, 1.165) is 12.8 Å². The first-order valence-corrected chi connectivity index (χ1v) is 7.44. The molecule has 1 aromatic rings. The Morgan fingerprint density at radius 2 is 2.00 bits per heavy atom. The average Bonchev–Trinajstić information content (AvgIpc) is 2.47. The largest absolute Gasteiger partial charge is 0.352 e. The minimum Gasteiger partial charge on any atom is -0.352 e. The first kappa shape index (κ1) is 15.0. The number of amides is 1. The van der Waals surface area contributed by atoms with Crippen LogP contribution in [0.2, 0.25) is 0 Å². The molecule has 0 aliphatic heterocycles. The van der Waals surface area contributed by atoms with Crippen molar-refractivity contribution in [1.29, 1.82) is 0 Å². The molecule has 0 aromatic heterocycles. The molecule has 1 aliphatic carbocycles. The molecule has 1 aromatic carbocycles. The van der Waals surface area contributed by atoms with Gasteiger partial charge in [-0.05, 0) is 25.8 Å². The molecular formula is C16H23FN2O. The first-order valence-electron chi connectivity index (χ1n) is 7.44. The van der Waals surface area contributed by atoms with Crippen molar-refractivity contribution >= 4 is 5.91 Å². The summed E-state index contributed by atoms with van der Waals surface area (Å²) in [5.74, 6) is -0.229. The fourth-order valence-electron chi connectivity index (χ4n) is 2.57. The van der Waals surface area contributed by atoms with E-state index in [1.165, 1.54) is 25.3 Å². The fraction of sp³-hybridized carbons (Fsp3) is 0.562. The molecule has 0 radical (unpaired) electrons. The van der Waals surface area contributed by atoms with Gasteiger partial charge in [-0.15, -0.1) is 0 Å². The Morgan fingerprint density at radius 3 is 2.70 bits per heavy atom. The predicted octanol–water partition coefficient (Wildman–Crippen LogP) is 2.75. The normalized spacial score (nSPS) is 17.7. The zero-order valence-corrected chi connectivity index (χ0v) is 12.0. The van der Waals surface area contributed by atoms with Gasteiger partial charge in [-0.25, -0.2) is 4.39 Å². The maximum atomic E-state index is 13.5. The summed E-state index contributed by atoms with van der Waals surface area (Å²) in [7, 11) is 0. The van der Waals surface area contributed by atoms with Gasteiger partial charge in [0.25, 0.3) is 0 Å². The number of hydrogen-bond acceptors (Lipinski definition) is 2. The van der Waals surface area contributed by atoms with Gasteiger partial charge in [0.2, 0.25) is 5.91 Å². The summed E-state index contributed by atoms with van der Waals surface area (Å²) in [6.45, 7) is 2.19. The molecule has 110 valence electrons. The third-order valence-electron chi connectivity index (χ3n) is 3.90. The fourth-order valence-corrected chi connectivity index (χ4v) is 2.57. The Kier molecular flexibility index (Phi) is 5.53. The number of carbonyl (C=O) groups excluding carboxylic acids is 1. The van der Waals surface area contributed by atoms with Crippen LogP contribution in [0.5, 0.6) is 0 Å². The lowest BCUT2D eigenvalue weighted by molar-refractivity contribution is -0.123. The van der Waals surface area contributed by atoms with Crippen LogP contribution >= 0.6 is 0 Å². The van der Waals surface area contributed by atoms with Crippen molar-refractivity contribution in [3.8, 4) is 0 Å². The molecule has 1 amide bonds. The predicted molar refractivity (Wildman–Crippen MR) is 77.7 cm³/mol. The van der Waals surface area contributed by atoms with Gasteiger partial charge in [0, 0.05) is 18.2 Å². The summed E-state index contributed by atoms with van der Waals surface area (Å²) in [5.41, 5.74) is 0.588. The van der Waals surface area contributed by atoms with Crippen molar-refractivity contribution in [3.05, 3.63) is 35.6 Å². The summed E-state index contributed by atoms with van der Waals surface area (Å²) in [5, 5.41) is 6.15. The van der Waals surface area contributed by atoms with E-state index in [2.05, 4.69) is 10.6 Å². The monoisotopic (exact) mass is 278 g/mol. The zero-order chi connectivity index (χ0) is 14.4. The van der Waals surface area contributed by atoms with Crippen LogP contribution in [0.1, 0.15) is 44.6 Å². The molecule has 20 heavy (non-hydrogen) atoms. The molecule has 1 saturated carbocycles. The third kappa shape index (κ3) is 4.30. The second-order valence-corrected chi connectivity index (χ2v) is 5.54. The first-order chi connectivity index (χ1) is 9.66. The van der Waals surface area contributed by atoms with Crippen molar-refractivity contribution in [3.63, 3.8) is 0 Å². The minimum atomic E-state index is -0.309. The van der Waals surface area contributed by atoms with Crippen LogP contribution in [0.4, 0.5) is 4.39 Å². The van der Waals surface area contributed by atoms with Crippen LogP contribution in [-0.2, 0) is 11.3 Å². The van der Waals surface area contributed by atoms with E-state index in [4.69, 9.17) is 0 Å². The van der Waals surface area contributed by atoms with E-state index in [1.807, 2.05) is 6.92 Å². The van der Waals surface area contributed by atoms with Crippen LogP contribution < -0.4 is 10.6 Å². The maximum absolute atomic E-state index is 13.5. The van der Waals surface area contributed by atoms with E-state index in [-0.39, 0.29) is 17.8 Å². The molecule has 0 heterocycles. The molecule has 3 nitrogen and oxygen atoms in total. The van der Waals surface area contributed by atoms with Crippen LogP contribution in [0.15, 0.2) is 24.3 Å². The van der Waals surface area contributed by atoms with Crippen LogP contribution in [0.25, 0.3) is 0 Å². The van der Waals surface area contributed by atoms with Crippen LogP contribution in [-0.4, -0.2) is 18.0 Å². The Bertz CT molecular complexity index is 444. The molecular weight excluding hydrogens is 255 g/mol. The Hall–Kier alpha value is -1.42. The highest BCUT2D eigenvalue weighted by Gasteiger charge is 2.19. The smallest absolute Gasteiger partial charge is 0.237 e. The molecule has 0 bridgehead atoms. The summed E-state index contributed by atoms with van der Waals surface area (Å²) in [6.07, 6.45) is 5.81. The lowest BCUT2D eigenvalue weighted by Gasteiger charge is -2.24. The number of benzene rings is 1. The average molecular weight is 278 g/mol. The third-order valence-corrected chi connectivity index (χ3v) is 3.90. The Morgan fingerprint density at radius 1 is 1.30 bits per heavy atom. The lowest BCUT2D eigenvalue weighted by atomic mass is 9.95. The van der Waals surface area contributed by atoms with E-state index in [9.17, 15) is 9.18 Å². The SMILES string of the molecule is CC(NCc1ccccc1F)C(=O)NC1CCCCC1. The van der Waals surface area contributed by atoms with Gasteiger partial charge in [0.05, 0.1) is 6.04 Å². The number of halogens is 1. The summed E-state index contributed by atoms with van der Waals surface area (Å²) in [6, 6.07) is 6.63. The minimum absolute atomic E-state index is 0.00763. The van der Waals surface area contributed by atoms with Gasteiger partial charge in [-0.3, -0.25) is 4.79 Å². The molecule has 2 rings (SSSR count). The van der Waals surface area contributed by atoms with Crippen molar-refractivity contribution in [2.75, 3.05) is 0 Å². The van der Waals surface area contributed by atoms with Crippen molar-refractivity contribution in [2.45, 2.75) is 57.7 Å². The van der Waals surface area contributed by atoms with Crippen LogP contribution in [0, 0.1) is 5.82 Å². The Balaban J connectivity index is 1.77. The van der Waals surface area contributed by atoms with Gasteiger partial charge in [-0.1, -0.05) is 37.5 Å². The quantitative estimate of drug-likeness (QED) is 0.869. The topological polar surface area (TPSA) is 41.1 Å². The van der Waals surface area contributed by atoms with Gasteiger partial charge in [0.1, 0.15) is 5.82 Å². The summed E-state index contributed by atoms with van der Waals surface area (Å²) >= 11 is 0. The highest BCUT2D eigenvalue weighted by Crippen LogP contribution is 2.17. The van der Waals surface area contributed by atoms with E-state index in [0.29, 0.717) is 18.2 Å². The zero-order valence-electron chi connectivity index (χ0n) is 12.0. The van der Waals surface area contributed by atoms with Gasteiger partial charge in [-0.2, -0.15) is 0 Å². The van der Waals surface area contributed by atoms with Crippen molar-refractivity contribution in [2.24, 2.45) is 0 Å². The van der Waals surface area contributed by atoms with Crippen molar-refractivity contribution < 1.29 is 9.18 Å². The van der Waals surface area contributed by atoms with E-state index < -0.39 is 0 Å².